The third-order valence-electron chi connectivity index (χ3n) is 1.94. The summed E-state index contributed by atoms with van der Waals surface area (Å²) >= 11 is 0. The van der Waals surface area contributed by atoms with Crippen molar-refractivity contribution in [2.24, 2.45) is 11.1 Å². The maximum Gasteiger partial charge on any atom is 0.209 e. The lowest BCUT2D eigenvalue weighted by molar-refractivity contribution is 0.228. The van der Waals surface area contributed by atoms with Crippen molar-refractivity contribution in [3.05, 3.63) is 0 Å². The van der Waals surface area contributed by atoms with Gasteiger partial charge < -0.3 is 5.11 Å². The van der Waals surface area contributed by atoms with Crippen LogP contribution in [0, 0.1) is 5.92 Å². The fourth-order valence-corrected chi connectivity index (χ4v) is 2.17. The van der Waals surface area contributed by atoms with Gasteiger partial charge in [-0.15, -0.1) is 0 Å². The van der Waals surface area contributed by atoms with Crippen molar-refractivity contribution in [2.45, 2.75) is 32.6 Å². The van der Waals surface area contributed by atoms with E-state index in [0.717, 1.165) is 25.7 Å². The summed E-state index contributed by atoms with van der Waals surface area (Å²) in [6.45, 7) is 1.98. The molecule has 0 amide bonds. The van der Waals surface area contributed by atoms with Crippen LogP contribution in [0.2, 0.25) is 0 Å². The fraction of sp³-hybridized carbons (Fsp3) is 1.00. The van der Waals surface area contributed by atoms with Crippen molar-refractivity contribution in [2.75, 3.05) is 12.4 Å². The molecule has 0 spiro atoms. The van der Waals surface area contributed by atoms with Crippen LogP contribution < -0.4 is 5.14 Å². The minimum Gasteiger partial charge on any atom is -0.396 e. The average molecular weight is 209 g/mol. The van der Waals surface area contributed by atoms with Gasteiger partial charge in [0.15, 0.2) is 0 Å². The second-order valence-electron chi connectivity index (χ2n) is 3.37. The Hall–Kier alpha value is -0.130. The Morgan fingerprint density at radius 1 is 1.38 bits per heavy atom. The number of hydrogen-bond acceptors (Lipinski definition) is 3. The number of nitrogens with two attached hydrogens (primary N) is 1. The third-order valence-corrected chi connectivity index (χ3v) is 2.88. The van der Waals surface area contributed by atoms with Gasteiger partial charge in [-0.3, -0.25) is 0 Å². The quantitative estimate of drug-likeness (QED) is 0.598. The van der Waals surface area contributed by atoms with Crippen LogP contribution in [0.3, 0.4) is 0 Å². The van der Waals surface area contributed by atoms with Crippen LogP contribution in [0.25, 0.3) is 0 Å². The maximum atomic E-state index is 10.7. The highest BCUT2D eigenvalue weighted by Gasteiger charge is 2.14. The van der Waals surface area contributed by atoms with Gasteiger partial charge in [0, 0.05) is 6.61 Å². The summed E-state index contributed by atoms with van der Waals surface area (Å²) < 4.78 is 21.4. The van der Waals surface area contributed by atoms with E-state index in [1.165, 1.54) is 0 Å². The molecule has 0 fully saturated rings. The second-order valence-corrected chi connectivity index (χ2v) is 5.03. The van der Waals surface area contributed by atoms with Crippen LogP contribution in [-0.2, 0) is 10.0 Å². The topological polar surface area (TPSA) is 80.4 Å². The summed E-state index contributed by atoms with van der Waals surface area (Å²) in [4.78, 5) is 0. The predicted molar refractivity (Wildman–Crippen MR) is 52.7 cm³/mol. The van der Waals surface area contributed by atoms with Crippen molar-refractivity contribution in [3.8, 4) is 0 Å². The van der Waals surface area contributed by atoms with Crippen molar-refractivity contribution < 1.29 is 13.5 Å². The van der Waals surface area contributed by atoms with Gasteiger partial charge in [0.25, 0.3) is 0 Å². The lowest BCUT2D eigenvalue weighted by Gasteiger charge is -2.11. The standard InChI is InChI=1S/C8H19NO3S/c1-2-3-4-5-8(6-10)7-13(9,11)12/h8,10H,2-7H2,1H3,(H2,9,11,12). The lowest BCUT2D eigenvalue weighted by Crippen LogP contribution is -2.25. The Morgan fingerprint density at radius 3 is 2.38 bits per heavy atom. The number of aliphatic hydroxyl groups is 1. The lowest BCUT2D eigenvalue weighted by atomic mass is 10.0. The van der Waals surface area contributed by atoms with E-state index in [1.54, 1.807) is 0 Å². The Kier molecular flexibility index (Phi) is 6.28. The molecule has 0 aliphatic carbocycles. The molecule has 0 saturated carbocycles. The summed E-state index contributed by atoms with van der Waals surface area (Å²) in [7, 11) is -3.43. The van der Waals surface area contributed by atoms with Crippen LogP contribution >= 0.6 is 0 Å². The number of rotatable bonds is 7. The van der Waals surface area contributed by atoms with E-state index in [4.69, 9.17) is 10.2 Å². The molecule has 0 aliphatic heterocycles. The van der Waals surface area contributed by atoms with Crippen LogP contribution in [0.1, 0.15) is 32.6 Å². The molecule has 4 nitrogen and oxygen atoms in total. The minimum absolute atomic E-state index is 0.0971. The smallest absolute Gasteiger partial charge is 0.209 e. The molecule has 1 unspecified atom stereocenters. The molecule has 3 N–H and O–H groups in total. The number of unbranched alkanes of at least 4 members (excludes halogenated alkanes) is 2. The molecule has 0 heterocycles. The van der Waals surface area contributed by atoms with Gasteiger partial charge in [0.05, 0.1) is 5.75 Å². The summed E-state index contributed by atoms with van der Waals surface area (Å²) in [5, 5.41) is 13.7. The molecule has 0 saturated heterocycles. The molecule has 0 radical (unpaired) electrons. The van der Waals surface area contributed by atoms with Gasteiger partial charge in [-0.25, -0.2) is 13.6 Å². The Morgan fingerprint density at radius 2 is 2.00 bits per heavy atom. The normalized spacial score (nSPS) is 14.4. The van der Waals surface area contributed by atoms with Gasteiger partial charge >= 0.3 is 0 Å². The first kappa shape index (κ1) is 12.9. The minimum atomic E-state index is -3.43. The summed E-state index contributed by atoms with van der Waals surface area (Å²) in [5.41, 5.74) is 0. The number of aliphatic hydroxyl groups excluding tert-OH is 1. The average Bonchev–Trinajstić information content (AvgIpc) is 2.01. The van der Waals surface area contributed by atoms with Crippen molar-refractivity contribution >= 4 is 10.0 Å². The zero-order valence-corrected chi connectivity index (χ0v) is 8.89. The van der Waals surface area contributed by atoms with Crippen LogP contribution in [0.4, 0.5) is 0 Å². The number of primary sulfonamides is 1. The van der Waals surface area contributed by atoms with Gasteiger partial charge in [0.2, 0.25) is 10.0 Å². The number of hydrogen-bond donors (Lipinski definition) is 2. The van der Waals surface area contributed by atoms with E-state index in [-0.39, 0.29) is 18.3 Å². The number of sulfonamides is 1. The molecule has 5 heteroatoms. The molecule has 13 heavy (non-hydrogen) atoms. The van der Waals surface area contributed by atoms with Gasteiger partial charge in [-0.05, 0) is 12.3 Å². The van der Waals surface area contributed by atoms with Gasteiger partial charge in [-0.1, -0.05) is 26.2 Å². The highest BCUT2D eigenvalue weighted by molar-refractivity contribution is 7.89. The van der Waals surface area contributed by atoms with Crippen LogP contribution in [-0.4, -0.2) is 25.9 Å². The SMILES string of the molecule is CCCCCC(CO)CS(N)(=O)=O. The molecule has 80 valence electrons. The fourth-order valence-electron chi connectivity index (χ4n) is 1.24. The van der Waals surface area contributed by atoms with Crippen molar-refractivity contribution in [1.82, 2.24) is 0 Å². The highest BCUT2D eigenvalue weighted by atomic mass is 32.2. The van der Waals surface area contributed by atoms with Crippen LogP contribution in [0.15, 0.2) is 0 Å². The Labute approximate surface area is 80.2 Å². The van der Waals surface area contributed by atoms with E-state index < -0.39 is 10.0 Å². The molecule has 0 aromatic rings. The zero-order valence-electron chi connectivity index (χ0n) is 8.07. The zero-order chi connectivity index (χ0) is 10.3. The predicted octanol–water partition coefficient (Wildman–Crippen LogP) is 0.464. The first-order chi connectivity index (χ1) is 5.99. The molecular weight excluding hydrogens is 190 g/mol. The van der Waals surface area contributed by atoms with E-state index in [0.29, 0.717) is 0 Å². The Bertz CT molecular complexity index is 213. The van der Waals surface area contributed by atoms with Gasteiger partial charge in [-0.2, -0.15) is 0 Å². The molecule has 1 atom stereocenters. The second kappa shape index (κ2) is 6.34. The first-order valence-electron chi connectivity index (χ1n) is 4.61. The molecule has 0 bridgehead atoms. The monoisotopic (exact) mass is 209 g/mol. The third kappa shape index (κ3) is 8.21. The first-order valence-corrected chi connectivity index (χ1v) is 6.32. The molecule has 0 rings (SSSR count). The Balaban J connectivity index is 3.77. The summed E-state index contributed by atoms with van der Waals surface area (Å²) in [6, 6.07) is 0. The molecule has 0 aromatic carbocycles. The van der Waals surface area contributed by atoms with Gasteiger partial charge in [0.1, 0.15) is 0 Å². The molecular formula is C8H19NO3S. The largest absolute Gasteiger partial charge is 0.396 e. The molecule has 0 aliphatic rings. The van der Waals surface area contributed by atoms with Crippen LogP contribution in [0.5, 0.6) is 0 Å². The van der Waals surface area contributed by atoms with Crippen molar-refractivity contribution in [1.29, 1.82) is 0 Å². The van der Waals surface area contributed by atoms with E-state index >= 15 is 0 Å². The van der Waals surface area contributed by atoms with Crippen molar-refractivity contribution in [3.63, 3.8) is 0 Å². The van der Waals surface area contributed by atoms with E-state index in [2.05, 4.69) is 6.92 Å². The maximum absolute atomic E-state index is 10.7. The molecule has 0 aromatic heterocycles. The summed E-state index contributed by atoms with van der Waals surface area (Å²) in [6.07, 6.45) is 3.85. The van der Waals surface area contributed by atoms with E-state index in [1.807, 2.05) is 0 Å². The highest BCUT2D eigenvalue weighted by Crippen LogP contribution is 2.10. The van der Waals surface area contributed by atoms with E-state index in [9.17, 15) is 8.42 Å². The summed E-state index contributed by atoms with van der Waals surface area (Å²) in [5.74, 6) is -0.297.